The maximum atomic E-state index is 13.9. The van der Waals surface area contributed by atoms with Gasteiger partial charge in [0.05, 0.1) is 40.6 Å². The van der Waals surface area contributed by atoms with Gasteiger partial charge in [-0.1, -0.05) is 13.0 Å². The van der Waals surface area contributed by atoms with E-state index < -0.39 is 40.6 Å². The molecule has 1 unspecified atom stereocenters. The molecule has 13 heteroatoms. The van der Waals surface area contributed by atoms with Gasteiger partial charge in [0, 0.05) is 13.2 Å². The Kier molecular flexibility index (Phi) is 6.24. The topological polar surface area (TPSA) is 111 Å². The fourth-order valence-electron chi connectivity index (χ4n) is 5.02. The van der Waals surface area contributed by atoms with Gasteiger partial charge >= 0.3 is 23.5 Å². The summed E-state index contributed by atoms with van der Waals surface area (Å²) in [4.78, 5) is 55.1. The number of aromatic amines is 1. The number of benzene rings is 2. The van der Waals surface area contributed by atoms with Crippen molar-refractivity contribution in [3.8, 4) is 5.69 Å². The van der Waals surface area contributed by atoms with Gasteiger partial charge in [-0.15, -0.1) is 0 Å². The lowest BCUT2D eigenvalue weighted by molar-refractivity contribution is -0.138. The fourth-order valence-corrected chi connectivity index (χ4v) is 5.02. The van der Waals surface area contributed by atoms with E-state index in [0.29, 0.717) is 22.1 Å². The van der Waals surface area contributed by atoms with Crippen LogP contribution in [0, 0.1) is 0 Å². The maximum absolute atomic E-state index is 13.9. The molecular formula is C26H24F3N5O5. The lowest BCUT2D eigenvalue weighted by Crippen LogP contribution is -2.54. The number of aromatic nitrogens is 4. The third kappa shape index (κ3) is 4.14. The fraction of sp³-hybridized carbons (Fsp3) is 0.308. The summed E-state index contributed by atoms with van der Waals surface area (Å²) in [6, 6.07) is 7.52. The summed E-state index contributed by atoms with van der Waals surface area (Å²) in [5, 5.41) is 1.23. The van der Waals surface area contributed by atoms with Gasteiger partial charge in [-0.2, -0.15) is 17.8 Å². The number of alkyl halides is 3. The van der Waals surface area contributed by atoms with Crippen LogP contribution in [0.1, 0.15) is 41.8 Å². The average Bonchev–Trinajstić information content (AvgIpc) is 3.39. The normalized spacial score (nSPS) is 15.1. The molecule has 4 aromatic rings. The Balaban J connectivity index is 1.81. The van der Waals surface area contributed by atoms with Crippen LogP contribution >= 0.6 is 0 Å². The Morgan fingerprint density at radius 2 is 1.87 bits per heavy atom. The summed E-state index contributed by atoms with van der Waals surface area (Å²) in [5.74, 6) is -0.990. The van der Waals surface area contributed by atoms with Crippen molar-refractivity contribution in [2.75, 3.05) is 11.6 Å². The second-order valence-corrected chi connectivity index (χ2v) is 9.14. The van der Waals surface area contributed by atoms with Crippen LogP contribution in [-0.2, 0) is 24.4 Å². The van der Waals surface area contributed by atoms with Crippen LogP contribution < -0.4 is 21.9 Å². The van der Waals surface area contributed by atoms with Gasteiger partial charge in [0.15, 0.2) is 0 Å². The first-order chi connectivity index (χ1) is 18.5. The van der Waals surface area contributed by atoms with Gasteiger partial charge in [-0.25, -0.2) is 14.4 Å². The molecule has 0 fully saturated rings. The highest BCUT2D eigenvalue weighted by Crippen LogP contribution is 2.41. The van der Waals surface area contributed by atoms with E-state index in [-0.39, 0.29) is 35.7 Å². The third-order valence-electron chi connectivity index (χ3n) is 6.91. The zero-order chi connectivity index (χ0) is 28.2. The number of anilines is 1. The first-order valence-electron chi connectivity index (χ1n) is 12.2. The van der Waals surface area contributed by atoms with Crippen LogP contribution in [0.25, 0.3) is 16.7 Å². The van der Waals surface area contributed by atoms with Gasteiger partial charge in [0.25, 0.3) is 5.56 Å². The van der Waals surface area contributed by atoms with Crippen LogP contribution in [0.3, 0.4) is 0 Å². The van der Waals surface area contributed by atoms with E-state index in [1.165, 1.54) is 33.8 Å². The molecule has 3 heterocycles. The Hall–Kier alpha value is -4.55. The number of nitrogens with one attached hydrogen (secondary N) is 1. The number of nitrogens with zero attached hydrogens (tertiary/aromatic N) is 4. The molecule has 5 rings (SSSR count). The third-order valence-corrected chi connectivity index (χ3v) is 6.91. The predicted octanol–water partition coefficient (Wildman–Crippen LogP) is 2.98. The molecule has 1 N–H and O–H groups in total. The van der Waals surface area contributed by atoms with Crippen molar-refractivity contribution < 1.29 is 22.7 Å². The van der Waals surface area contributed by atoms with E-state index in [0.717, 1.165) is 16.8 Å². The van der Waals surface area contributed by atoms with Crippen LogP contribution in [0.4, 0.5) is 18.9 Å². The van der Waals surface area contributed by atoms with Crippen molar-refractivity contribution >= 4 is 22.7 Å². The first kappa shape index (κ1) is 26.1. The summed E-state index contributed by atoms with van der Waals surface area (Å²) in [5.41, 5.74) is -2.47. The van der Waals surface area contributed by atoms with Crippen molar-refractivity contribution in [3.05, 3.63) is 90.6 Å². The monoisotopic (exact) mass is 543 g/mol. The molecule has 2 aromatic carbocycles. The number of fused-ring (bicyclic) bond motifs is 2. The smallest absolute Gasteiger partial charge is 0.416 e. The minimum Gasteiger partial charge on any atom is -0.462 e. The lowest BCUT2D eigenvalue weighted by atomic mass is 10.0. The van der Waals surface area contributed by atoms with Gasteiger partial charge in [-0.3, -0.25) is 18.9 Å². The van der Waals surface area contributed by atoms with Crippen molar-refractivity contribution in [2.24, 2.45) is 7.05 Å². The quantitative estimate of drug-likeness (QED) is 0.388. The van der Waals surface area contributed by atoms with E-state index in [2.05, 4.69) is 4.98 Å². The summed E-state index contributed by atoms with van der Waals surface area (Å²) < 4.78 is 49.6. The molecule has 1 atom stereocenters. The Morgan fingerprint density at radius 3 is 2.54 bits per heavy atom. The largest absolute Gasteiger partial charge is 0.462 e. The molecule has 0 radical (unpaired) electrons. The molecule has 0 spiro atoms. The molecule has 39 heavy (non-hydrogen) atoms. The second kappa shape index (κ2) is 9.33. The number of esters is 1. The standard InChI is InChI=1S/C26H24F3N5O5/c1-4-14-11-16-18(26(27,28)29)7-6-8-20(16)33(14)34-22(35)17(23(36)39-5-2)13-32(25(34)38)15-9-10-21-19(12-15)30-24(37)31(21)3/h6-10,12-14H,4-5,11H2,1-3H3,(H,30,37). The molecule has 0 bridgehead atoms. The SMILES string of the molecule is CCOC(=O)c1cn(-c2ccc3c(c2)[nH]c(=O)n3C)c(=O)n(N2c3cccc(C(F)(F)F)c3CC2CC)c1=O. The Morgan fingerprint density at radius 1 is 1.13 bits per heavy atom. The highest BCUT2D eigenvalue weighted by Gasteiger charge is 2.41. The molecule has 204 valence electrons. The molecule has 10 nitrogen and oxygen atoms in total. The van der Waals surface area contributed by atoms with Gasteiger partial charge < -0.3 is 9.72 Å². The first-order valence-corrected chi connectivity index (χ1v) is 12.2. The molecule has 2 aromatic heterocycles. The number of halogens is 3. The number of H-pyrrole nitrogens is 1. The number of imidazole rings is 1. The Bertz CT molecular complexity index is 1800. The number of hydrogen-bond acceptors (Lipinski definition) is 6. The van der Waals surface area contributed by atoms with E-state index in [9.17, 15) is 32.3 Å². The second-order valence-electron chi connectivity index (χ2n) is 9.14. The number of rotatable bonds is 5. The summed E-state index contributed by atoms with van der Waals surface area (Å²) in [7, 11) is 1.57. The van der Waals surface area contributed by atoms with Crippen molar-refractivity contribution in [1.82, 2.24) is 18.8 Å². The van der Waals surface area contributed by atoms with Crippen molar-refractivity contribution in [2.45, 2.75) is 38.9 Å². The molecule has 0 amide bonds. The zero-order valence-corrected chi connectivity index (χ0v) is 21.2. The number of aryl methyl sites for hydroxylation is 1. The molecule has 0 saturated carbocycles. The molecular weight excluding hydrogens is 519 g/mol. The Labute approximate surface area is 218 Å². The highest BCUT2D eigenvalue weighted by atomic mass is 19.4. The van der Waals surface area contributed by atoms with E-state index in [1.807, 2.05) is 0 Å². The van der Waals surface area contributed by atoms with Crippen LogP contribution in [0.5, 0.6) is 0 Å². The zero-order valence-electron chi connectivity index (χ0n) is 21.2. The minimum absolute atomic E-state index is 0.0421. The minimum atomic E-state index is -4.64. The van der Waals surface area contributed by atoms with E-state index in [4.69, 9.17) is 4.74 Å². The van der Waals surface area contributed by atoms with Gasteiger partial charge in [-0.05, 0) is 55.7 Å². The maximum Gasteiger partial charge on any atom is 0.416 e. The average molecular weight is 544 g/mol. The molecule has 0 saturated heterocycles. The van der Waals surface area contributed by atoms with Crippen LogP contribution in [-0.4, -0.2) is 37.4 Å². The van der Waals surface area contributed by atoms with Crippen LogP contribution in [0.15, 0.2) is 57.0 Å². The number of hydrogen-bond donors (Lipinski definition) is 1. The van der Waals surface area contributed by atoms with E-state index >= 15 is 0 Å². The predicted molar refractivity (Wildman–Crippen MR) is 136 cm³/mol. The van der Waals surface area contributed by atoms with Crippen molar-refractivity contribution in [1.29, 1.82) is 0 Å². The summed E-state index contributed by atoms with van der Waals surface area (Å²) in [6.07, 6.45) is -3.35. The van der Waals surface area contributed by atoms with Crippen molar-refractivity contribution in [3.63, 3.8) is 0 Å². The number of carbonyl (C=O) groups excluding carboxylic acids is 1. The number of ether oxygens (including phenoxy) is 1. The van der Waals surface area contributed by atoms with E-state index in [1.54, 1.807) is 27.0 Å². The van der Waals surface area contributed by atoms with Gasteiger partial charge in [0.2, 0.25) is 0 Å². The molecule has 0 aliphatic carbocycles. The lowest BCUT2D eigenvalue weighted by Gasteiger charge is -2.28. The molecule has 1 aliphatic rings. The number of carbonyl (C=O) groups is 1. The highest BCUT2D eigenvalue weighted by molar-refractivity contribution is 5.89. The van der Waals surface area contributed by atoms with Gasteiger partial charge in [0.1, 0.15) is 5.56 Å². The van der Waals surface area contributed by atoms with Crippen LogP contribution in [0.2, 0.25) is 0 Å². The molecule has 1 aliphatic heterocycles. The summed E-state index contributed by atoms with van der Waals surface area (Å²) >= 11 is 0. The summed E-state index contributed by atoms with van der Waals surface area (Å²) in [6.45, 7) is 3.23.